The highest BCUT2D eigenvalue weighted by atomic mass is 32.2. The third kappa shape index (κ3) is 3.76. The molecule has 1 heterocycles. The number of halogens is 2. The van der Waals surface area contributed by atoms with Gasteiger partial charge in [-0.1, -0.05) is 0 Å². The van der Waals surface area contributed by atoms with Crippen molar-refractivity contribution in [2.24, 2.45) is 0 Å². The highest BCUT2D eigenvalue weighted by Crippen LogP contribution is 2.15. The van der Waals surface area contributed by atoms with Crippen molar-refractivity contribution < 1.29 is 22.0 Å². The first kappa shape index (κ1) is 15.8. The minimum Gasteiger partial charge on any atom is -0.337 e. The van der Waals surface area contributed by atoms with Crippen LogP contribution in [-0.2, 0) is 10.0 Å². The van der Waals surface area contributed by atoms with Gasteiger partial charge in [0, 0.05) is 26.2 Å². The van der Waals surface area contributed by atoms with Crippen LogP contribution in [0.4, 0.5) is 8.78 Å². The van der Waals surface area contributed by atoms with Crippen molar-refractivity contribution in [3.8, 4) is 0 Å². The summed E-state index contributed by atoms with van der Waals surface area (Å²) in [5.74, 6) is -2.10. The Hall–Kier alpha value is -1.54. The monoisotopic (exact) mass is 318 g/mol. The van der Waals surface area contributed by atoms with Gasteiger partial charge < -0.3 is 4.90 Å². The fourth-order valence-corrected chi connectivity index (χ4v) is 3.13. The van der Waals surface area contributed by atoms with E-state index in [4.69, 9.17) is 0 Å². The number of benzene rings is 1. The summed E-state index contributed by atoms with van der Waals surface area (Å²) in [5.41, 5.74) is -0.331. The van der Waals surface area contributed by atoms with Crippen molar-refractivity contribution in [1.29, 1.82) is 0 Å². The summed E-state index contributed by atoms with van der Waals surface area (Å²) in [6, 6.07) is 2.71. The molecule has 0 saturated carbocycles. The van der Waals surface area contributed by atoms with E-state index in [1.165, 1.54) is 9.21 Å². The van der Waals surface area contributed by atoms with Gasteiger partial charge in [-0.2, -0.15) is 0 Å². The average Bonchev–Trinajstić information content (AvgIpc) is 2.66. The fourth-order valence-electron chi connectivity index (χ4n) is 2.26. The van der Waals surface area contributed by atoms with E-state index in [0.29, 0.717) is 19.5 Å². The molecule has 5 nitrogen and oxygen atoms in total. The number of amides is 1. The first-order valence-electron chi connectivity index (χ1n) is 6.48. The molecule has 21 heavy (non-hydrogen) atoms. The lowest BCUT2D eigenvalue weighted by Crippen LogP contribution is -2.37. The second-order valence-corrected chi connectivity index (χ2v) is 6.91. The third-order valence-electron chi connectivity index (χ3n) is 3.37. The minimum atomic E-state index is -3.32. The molecule has 116 valence electrons. The molecule has 1 aliphatic heterocycles. The Kier molecular flexibility index (Phi) is 4.58. The van der Waals surface area contributed by atoms with Gasteiger partial charge in [0.1, 0.15) is 11.6 Å². The normalized spacial score (nSPS) is 17.6. The number of rotatable bonds is 2. The summed E-state index contributed by atoms with van der Waals surface area (Å²) in [6.07, 6.45) is 1.56. The van der Waals surface area contributed by atoms with Crippen molar-refractivity contribution in [3.63, 3.8) is 0 Å². The lowest BCUT2D eigenvalue weighted by molar-refractivity contribution is 0.0759. The van der Waals surface area contributed by atoms with Crippen LogP contribution >= 0.6 is 0 Å². The van der Waals surface area contributed by atoms with Crippen LogP contribution in [0.1, 0.15) is 16.8 Å². The van der Waals surface area contributed by atoms with Gasteiger partial charge in [-0.25, -0.2) is 21.5 Å². The highest BCUT2D eigenvalue weighted by molar-refractivity contribution is 7.88. The third-order valence-corrected chi connectivity index (χ3v) is 4.67. The summed E-state index contributed by atoms with van der Waals surface area (Å²) >= 11 is 0. The Morgan fingerprint density at radius 1 is 1.14 bits per heavy atom. The zero-order chi connectivity index (χ0) is 15.6. The van der Waals surface area contributed by atoms with Gasteiger partial charge in [-0.3, -0.25) is 4.79 Å². The Morgan fingerprint density at radius 3 is 2.52 bits per heavy atom. The molecule has 1 saturated heterocycles. The topological polar surface area (TPSA) is 57.7 Å². The van der Waals surface area contributed by atoms with Gasteiger partial charge in [-0.15, -0.1) is 0 Å². The molecule has 1 fully saturated rings. The van der Waals surface area contributed by atoms with Crippen LogP contribution in [0, 0.1) is 11.6 Å². The number of carbonyl (C=O) groups is 1. The van der Waals surface area contributed by atoms with Gasteiger partial charge in [0.25, 0.3) is 5.91 Å². The molecule has 1 aromatic carbocycles. The van der Waals surface area contributed by atoms with E-state index in [1.807, 2.05) is 0 Å². The molecule has 0 N–H and O–H groups in total. The fraction of sp³-hybridized carbons (Fsp3) is 0.462. The van der Waals surface area contributed by atoms with E-state index in [-0.39, 0.29) is 18.7 Å². The van der Waals surface area contributed by atoms with Crippen molar-refractivity contribution in [2.45, 2.75) is 6.42 Å². The van der Waals surface area contributed by atoms with E-state index in [0.717, 1.165) is 24.5 Å². The van der Waals surface area contributed by atoms with Crippen LogP contribution in [0.25, 0.3) is 0 Å². The van der Waals surface area contributed by atoms with E-state index in [9.17, 15) is 22.0 Å². The smallest absolute Gasteiger partial charge is 0.256 e. The van der Waals surface area contributed by atoms with Crippen LogP contribution in [0.2, 0.25) is 0 Å². The number of sulfonamides is 1. The molecule has 0 aromatic heterocycles. The number of hydrogen-bond donors (Lipinski definition) is 0. The summed E-state index contributed by atoms with van der Waals surface area (Å²) in [4.78, 5) is 13.6. The predicted molar refractivity (Wildman–Crippen MR) is 73.3 cm³/mol. The molecule has 0 unspecified atom stereocenters. The molecule has 8 heteroatoms. The first-order valence-corrected chi connectivity index (χ1v) is 8.33. The highest BCUT2D eigenvalue weighted by Gasteiger charge is 2.25. The van der Waals surface area contributed by atoms with Crippen LogP contribution in [0.15, 0.2) is 18.2 Å². The lowest BCUT2D eigenvalue weighted by atomic mass is 10.1. The Morgan fingerprint density at radius 2 is 1.86 bits per heavy atom. The standard InChI is InChI=1S/C13H16F2N2O3S/c1-21(19,20)17-6-2-5-16(7-8-17)13(18)11-9-10(14)3-4-12(11)15/h3-4,9H,2,5-8H2,1H3. The maximum absolute atomic E-state index is 13.6. The van der Waals surface area contributed by atoms with Crippen LogP contribution in [0.3, 0.4) is 0 Å². The molecule has 0 atom stereocenters. The quantitative estimate of drug-likeness (QED) is 0.820. The summed E-state index contributed by atoms with van der Waals surface area (Å²) < 4.78 is 51.0. The molecular weight excluding hydrogens is 302 g/mol. The number of hydrogen-bond acceptors (Lipinski definition) is 3. The molecule has 1 aliphatic rings. The molecule has 0 aliphatic carbocycles. The zero-order valence-electron chi connectivity index (χ0n) is 11.6. The SMILES string of the molecule is CS(=O)(=O)N1CCCN(C(=O)c2cc(F)ccc2F)CC1. The van der Waals surface area contributed by atoms with E-state index in [1.54, 1.807) is 0 Å². The lowest BCUT2D eigenvalue weighted by Gasteiger charge is -2.21. The Labute approximate surface area is 122 Å². The number of carbonyl (C=O) groups excluding carboxylic acids is 1. The summed E-state index contributed by atoms with van der Waals surface area (Å²) in [5, 5.41) is 0. The largest absolute Gasteiger partial charge is 0.337 e. The molecular formula is C13H16F2N2O3S. The van der Waals surface area contributed by atoms with Crippen molar-refractivity contribution >= 4 is 15.9 Å². The van der Waals surface area contributed by atoms with Gasteiger partial charge >= 0.3 is 0 Å². The van der Waals surface area contributed by atoms with E-state index >= 15 is 0 Å². The summed E-state index contributed by atoms with van der Waals surface area (Å²) in [6.45, 7) is 0.929. The van der Waals surface area contributed by atoms with Crippen molar-refractivity contribution in [1.82, 2.24) is 9.21 Å². The van der Waals surface area contributed by atoms with Gasteiger partial charge in [0.2, 0.25) is 10.0 Å². The van der Waals surface area contributed by atoms with Gasteiger partial charge in [-0.05, 0) is 24.6 Å². The van der Waals surface area contributed by atoms with Crippen molar-refractivity contribution in [2.75, 3.05) is 32.4 Å². The Bertz CT molecular complexity index is 649. The molecule has 0 spiro atoms. The van der Waals surface area contributed by atoms with Crippen molar-refractivity contribution in [3.05, 3.63) is 35.4 Å². The maximum Gasteiger partial charge on any atom is 0.256 e. The summed E-state index contributed by atoms with van der Waals surface area (Å²) in [7, 11) is -3.32. The van der Waals surface area contributed by atoms with Gasteiger partial charge in [0.05, 0.1) is 11.8 Å². The van der Waals surface area contributed by atoms with E-state index in [2.05, 4.69) is 0 Å². The number of nitrogens with zero attached hydrogens (tertiary/aromatic N) is 2. The molecule has 2 rings (SSSR count). The molecule has 0 bridgehead atoms. The first-order chi connectivity index (χ1) is 9.79. The van der Waals surface area contributed by atoms with Gasteiger partial charge in [0.15, 0.2) is 0 Å². The second kappa shape index (κ2) is 6.07. The van der Waals surface area contributed by atoms with Crippen LogP contribution in [-0.4, -0.2) is 56.0 Å². The molecule has 1 amide bonds. The minimum absolute atomic E-state index is 0.154. The van der Waals surface area contributed by atoms with Crippen LogP contribution in [0.5, 0.6) is 0 Å². The second-order valence-electron chi connectivity index (χ2n) is 4.93. The average molecular weight is 318 g/mol. The van der Waals surface area contributed by atoms with E-state index < -0.39 is 27.6 Å². The molecule has 0 radical (unpaired) electrons. The predicted octanol–water partition coefficient (Wildman–Crippen LogP) is 1.07. The van der Waals surface area contributed by atoms with Crippen LogP contribution < -0.4 is 0 Å². The Balaban J connectivity index is 2.15. The molecule has 1 aromatic rings. The maximum atomic E-state index is 13.6. The zero-order valence-corrected chi connectivity index (χ0v) is 12.4.